The Kier molecular flexibility index (Phi) is 14.5. The molecule has 2 aromatic carbocycles. The number of amides is 4. The van der Waals surface area contributed by atoms with Gasteiger partial charge in [-0.2, -0.15) is 5.10 Å². The lowest BCUT2D eigenvalue weighted by Crippen LogP contribution is -2.37. The van der Waals surface area contributed by atoms with Gasteiger partial charge in [0.2, 0.25) is 11.8 Å². The second kappa shape index (κ2) is 20.5. The summed E-state index contributed by atoms with van der Waals surface area (Å²) in [5, 5.41) is 7.32. The average Bonchev–Trinajstić information content (AvgIpc) is 3.57. The number of pyridine rings is 1. The predicted octanol–water partition coefficient (Wildman–Crippen LogP) is 3.83. The maximum atomic E-state index is 13.5. The Hall–Kier alpha value is -6.61. The van der Waals surface area contributed by atoms with Crippen LogP contribution in [0.1, 0.15) is 65.7 Å². The predicted molar refractivity (Wildman–Crippen MR) is 219 cm³/mol. The van der Waals surface area contributed by atoms with Crippen LogP contribution in [0.4, 0.5) is 11.5 Å². The molecule has 4 aromatic rings. The first kappa shape index (κ1) is 41.0. The van der Waals surface area contributed by atoms with Crippen LogP contribution in [-0.2, 0) is 36.8 Å². The lowest BCUT2D eigenvalue weighted by molar-refractivity contribution is -0.137. The van der Waals surface area contributed by atoms with Crippen LogP contribution < -0.4 is 21.4 Å². The minimum Gasteiger partial charge on any atom is -0.382 e. The molecule has 0 radical (unpaired) electrons. The zero-order chi connectivity index (χ0) is 40.7. The Labute approximate surface area is 336 Å². The molecule has 15 heteroatoms. The first-order chi connectivity index (χ1) is 28.2. The standard InChI is InChI=1S/C43H47N9O6/c44-43-42(37(53)27-33-28-45-20-19-36(33)51-23-25-58-26-24-51)48-35(29-47-43)32-12-10-30(11-13-32)18-21-46-38(54)15-14-34(31-7-3-1-4-8-31)49-50-39(55)9-5-2-6-22-52-40(56)16-17-41(52)57/h1,3-4,7-8,10-13,16-17,19-20,28-29H,2,5-6,9,14-15,18,21-27H2,(H2,44,47)(H,46,54)(H,50,55)/b49-34-. The minimum absolute atomic E-state index is 0.0690. The van der Waals surface area contributed by atoms with Crippen LogP contribution in [0, 0.1) is 0 Å². The van der Waals surface area contributed by atoms with Crippen LogP contribution in [0.15, 0.2) is 96.5 Å². The first-order valence-electron chi connectivity index (χ1n) is 19.5. The van der Waals surface area contributed by atoms with Gasteiger partial charge in [0, 0.05) is 93.2 Å². The Morgan fingerprint density at radius 1 is 0.845 bits per heavy atom. The summed E-state index contributed by atoms with van der Waals surface area (Å²) in [5.74, 6) is -1.19. The molecule has 1 fully saturated rings. The third-order valence-electron chi connectivity index (χ3n) is 9.83. The SMILES string of the molecule is Nc1ncc(-c2ccc(CCNC(=O)CC/C(=N/NC(=O)CCCCCN3C(=O)C=CC3=O)c3ccccc3)cc2)nc1C(=O)Cc1cnccc1N1CCOCC1. The van der Waals surface area contributed by atoms with Crippen molar-refractivity contribution in [3.63, 3.8) is 0 Å². The highest BCUT2D eigenvalue weighted by Gasteiger charge is 2.23. The number of unbranched alkanes of at least 4 members (excludes halogenated alkanes) is 2. The molecule has 0 spiro atoms. The van der Waals surface area contributed by atoms with Gasteiger partial charge in [0.25, 0.3) is 11.8 Å². The van der Waals surface area contributed by atoms with E-state index in [1.165, 1.54) is 17.1 Å². The number of imide groups is 1. The highest BCUT2D eigenvalue weighted by molar-refractivity contribution is 6.12. The van der Waals surface area contributed by atoms with Crippen molar-refractivity contribution in [1.82, 2.24) is 30.6 Å². The second-order valence-corrected chi connectivity index (χ2v) is 13.9. The maximum absolute atomic E-state index is 13.5. The number of nitrogens with zero attached hydrogens (tertiary/aromatic N) is 6. The molecule has 15 nitrogen and oxygen atoms in total. The molecule has 0 saturated carbocycles. The van der Waals surface area contributed by atoms with Crippen molar-refractivity contribution >= 4 is 46.6 Å². The number of Topliss-reactive ketones (excluding diaryl/α,β-unsaturated/α-hetero) is 1. The molecular weight excluding hydrogens is 739 g/mol. The summed E-state index contributed by atoms with van der Waals surface area (Å²) < 4.78 is 5.48. The number of ketones is 1. The molecule has 0 atom stereocenters. The summed E-state index contributed by atoms with van der Waals surface area (Å²) in [6.07, 6.45) is 10.8. The molecule has 1 saturated heterocycles. The van der Waals surface area contributed by atoms with Crippen LogP contribution in [0.25, 0.3) is 11.3 Å². The lowest BCUT2D eigenvalue weighted by atomic mass is 10.0. The monoisotopic (exact) mass is 785 g/mol. The fraction of sp³-hybridized carbons (Fsp3) is 0.326. The number of aromatic nitrogens is 3. The van der Waals surface area contributed by atoms with Crippen molar-refractivity contribution in [2.24, 2.45) is 5.10 Å². The molecular formula is C43H47N9O6. The number of rotatable bonds is 19. The third kappa shape index (κ3) is 11.5. The Balaban J connectivity index is 0.954. The van der Waals surface area contributed by atoms with E-state index < -0.39 is 0 Å². The molecule has 4 heterocycles. The smallest absolute Gasteiger partial charge is 0.253 e. The summed E-state index contributed by atoms with van der Waals surface area (Å²) >= 11 is 0. The number of ether oxygens (including phenoxy) is 1. The van der Waals surface area contributed by atoms with Crippen LogP contribution in [0.2, 0.25) is 0 Å². The van der Waals surface area contributed by atoms with Crippen molar-refractivity contribution in [2.75, 3.05) is 50.0 Å². The number of nitrogens with two attached hydrogens (primary N) is 1. The van der Waals surface area contributed by atoms with Gasteiger partial charge >= 0.3 is 0 Å². The van der Waals surface area contributed by atoms with E-state index in [2.05, 4.69) is 35.7 Å². The molecule has 0 unspecified atom stereocenters. The number of nitrogen functional groups attached to an aromatic ring is 1. The highest BCUT2D eigenvalue weighted by Crippen LogP contribution is 2.24. The van der Waals surface area contributed by atoms with Crippen molar-refractivity contribution in [1.29, 1.82) is 0 Å². The fourth-order valence-electron chi connectivity index (χ4n) is 6.64. The van der Waals surface area contributed by atoms with E-state index in [0.29, 0.717) is 69.8 Å². The summed E-state index contributed by atoms with van der Waals surface area (Å²) in [7, 11) is 0. The molecule has 58 heavy (non-hydrogen) atoms. The molecule has 2 aromatic heterocycles. The largest absolute Gasteiger partial charge is 0.382 e. The summed E-state index contributed by atoms with van der Waals surface area (Å²) in [6, 6.07) is 19.0. The van der Waals surface area contributed by atoms with Gasteiger partial charge in [-0.3, -0.25) is 33.9 Å². The number of hydrogen-bond donors (Lipinski definition) is 3. The van der Waals surface area contributed by atoms with Gasteiger partial charge in [0.15, 0.2) is 11.6 Å². The van der Waals surface area contributed by atoms with E-state index in [9.17, 15) is 24.0 Å². The summed E-state index contributed by atoms with van der Waals surface area (Å²) in [6.45, 7) is 3.47. The molecule has 2 aliphatic heterocycles. The molecule has 4 N–H and O–H groups in total. The second-order valence-electron chi connectivity index (χ2n) is 13.9. The zero-order valence-corrected chi connectivity index (χ0v) is 32.3. The van der Waals surface area contributed by atoms with E-state index in [1.807, 2.05) is 60.7 Å². The fourth-order valence-corrected chi connectivity index (χ4v) is 6.64. The number of hydrazone groups is 1. The van der Waals surface area contributed by atoms with E-state index >= 15 is 0 Å². The molecule has 6 rings (SSSR count). The molecule has 2 aliphatic rings. The number of carbonyl (C=O) groups excluding carboxylic acids is 5. The Morgan fingerprint density at radius 2 is 1.60 bits per heavy atom. The molecule has 0 aliphatic carbocycles. The van der Waals surface area contributed by atoms with Gasteiger partial charge in [0.05, 0.1) is 30.8 Å². The van der Waals surface area contributed by atoms with Gasteiger partial charge in [-0.25, -0.2) is 15.4 Å². The zero-order valence-electron chi connectivity index (χ0n) is 32.3. The number of hydrogen-bond acceptors (Lipinski definition) is 12. The molecule has 4 amide bonds. The molecule has 0 bridgehead atoms. The number of carbonyl (C=O) groups is 5. The van der Waals surface area contributed by atoms with Crippen LogP contribution in [-0.4, -0.2) is 94.4 Å². The van der Waals surface area contributed by atoms with Crippen LogP contribution in [0.5, 0.6) is 0 Å². The van der Waals surface area contributed by atoms with Gasteiger partial charge in [-0.05, 0) is 36.5 Å². The lowest BCUT2D eigenvalue weighted by Gasteiger charge is -2.30. The van der Waals surface area contributed by atoms with E-state index in [-0.39, 0.29) is 60.2 Å². The van der Waals surface area contributed by atoms with Crippen molar-refractivity contribution in [2.45, 2.75) is 51.4 Å². The number of anilines is 2. The number of morpholine rings is 1. The normalized spacial score (nSPS) is 14.2. The Bertz CT molecular complexity index is 2130. The van der Waals surface area contributed by atoms with E-state index in [4.69, 9.17) is 10.5 Å². The average molecular weight is 786 g/mol. The van der Waals surface area contributed by atoms with Gasteiger partial charge < -0.3 is 20.7 Å². The van der Waals surface area contributed by atoms with E-state index in [1.54, 1.807) is 18.6 Å². The summed E-state index contributed by atoms with van der Waals surface area (Å²) in [4.78, 5) is 78.7. The van der Waals surface area contributed by atoms with Crippen molar-refractivity contribution < 1.29 is 28.7 Å². The van der Waals surface area contributed by atoms with Gasteiger partial charge in [-0.1, -0.05) is 61.0 Å². The maximum Gasteiger partial charge on any atom is 0.253 e. The minimum atomic E-state index is -0.307. The number of benzene rings is 2. The molecule has 300 valence electrons. The number of nitrogens with one attached hydrogen (secondary N) is 2. The van der Waals surface area contributed by atoms with Crippen LogP contribution in [0.3, 0.4) is 0 Å². The highest BCUT2D eigenvalue weighted by atomic mass is 16.5. The van der Waals surface area contributed by atoms with Gasteiger partial charge in [0.1, 0.15) is 5.69 Å². The van der Waals surface area contributed by atoms with E-state index in [0.717, 1.165) is 41.0 Å². The Morgan fingerprint density at radius 3 is 2.36 bits per heavy atom. The van der Waals surface area contributed by atoms with Gasteiger partial charge in [-0.15, -0.1) is 0 Å². The quantitative estimate of drug-likeness (QED) is 0.0410. The van der Waals surface area contributed by atoms with Crippen LogP contribution >= 0.6 is 0 Å². The van der Waals surface area contributed by atoms with Crippen molar-refractivity contribution in [3.05, 3.63) is 114 Å². The topological polar surface area (TPSA) is 202 Å². The third-order valence-corrected chi connectivity index (χ3v) is 9.83. The first-order valence-corrected chi connectivity index (χ1v) is 19.5. The summed E-state index contributed by atoms with van der Waals surface area (Å²) in [5.41, 5.74) is 14.3. The van der Waals surface area contributed by atoms with Crippen molar-refractivity contribution in [3.8, 4) is 11.3 Å².